The highest BCUT2D eigenvalue weighted by molar-refractivity contribution is 9.10. The number of anilines is 1. The number of aromatic nitrogens is 2. The molecule has 102 valence electrons. The lowest BCUT2D eigenvalue weighted by Gasteiger charge is -2.24. The van der Waals surface area contributed by atoms with Crippen LogP contribution in [0.2, 0.25) is 5.02 Å². The summed E-state index contributed by atoms with van der Waals surface area (Å²) in [4.78, 5) is 10.5. The van der Waals surface area contributed by atoms with Crippen molar-refractivity contribution in [3.05, 3.63) is 21.9 Å². The van der Waals surface area contributed by atoms with E-state index in [1.807, 2.05) is 18.0 Å². The lowest BCUT2D eigenvalue weighted by Crippen LogP contribution is -2.35. The van der Waals surface area contributed by atoms with Crippen molar-refractivity contribution in [2.75, 3.05) is 18.6 Å². The Balaban J connectivity index is 2.29. The Labute approximate surface area is 129 Å². The average molecular weight is 354 g/mol. The van der Waals surface area contributed by atoms with Gasteiger partial charge in [0, 0.05) is 11.5 Å². The van der Waals surface area contributed by atoms with Gasteiger partial charge in [0.15, 0.2) is 5.75 Å². The number of likely N-dealkylation sites (N-methyl/N-ethyl adjacent to an activating group) is 1. The van der Waals surface area contributed by atoms with Crippen molar-refractivity contribution in [2.45, 2.75) is 12.5 Å². The molecule has 1 aromatic carbocycles. The van der Waals surface area contributed by atoms with Gasteiger partial charge in [-0.2, -0.15) is 5.26 Å². The number of nitriles is 1. The molecule has 7 heteroatoms. The van der Waals surface area contributed by atoms with E-state index in [1.165, 1.54) is 6.33 Å². The third-order valence-corrected chi connectivity index (χ3v) is 4.61. The fourth-order valence-electron chi connectivity index (χ4n) is 2.29. The molecule has 2 aromatic rings. The average Bonchev–Trinajstić information content (AvgIpc) is 2.58. The van der Waals surface area contributed by atoms with Crippen molar-refractivity contribution >= 4 is 44.3 Å². The zero-order valence-corrected chi connectivity index (χ0v) is 12.9. The van der Waals surface area contributed by atoms with E-state index in [1.54, 1.807) is 0 Å². The number of nitrogens with zero attached hydrogens (tertiary/aromatic N) is 4. The molecular formula is C13H10BrClN4O. The maximum Gasteiger partial charge on any atom is 0.152 e. The summed E-state index contributed by atoms with van der Waals surface area (Å²) in [5, 5.41) is 10.2. The molecule has 0 radical (unpaired) electrons. The molecule has 0 saturated heterocycles. The third-order valence-electron chi connectivity index (χ3n) is 3.38. The topological polar surface area (TPSA) is 62.0 Å². The van der Waals surface area contributed by atoms with E-state index in [4.69, 9.17) is 21.6 Å². The number of hydrogen-bond donors (Lipinski definition) is 0. The summed E-state index contributed by atoms with van der Waals surface area (Å²) < 4.78 is 6.56. The monoisotopic (exact) mass is 352 g/mol. The highest BCUT2D eigenvalue weighted by atomic mass is 79.9. The van der Waals surface area contributed by atoms with Crippen LogP contribution in [0, 0.1) is 11.3 Å². The summed E-state index contributed by atoms with van der Waals surface area (Å²) in [5.74, 6) is 1.30. The van der Waals surface area contributed by atoms with E-state index >= 15 is 0 Å². The molecule has 0 N–H and O–H groups in total. The molecule has 0 bridgehead atoms. The normalized spacial score (nSPS) is 17.5. The van der Waals surface area contributed by atoms with Gasteiger partial charge in [-0.15, -0.1) is 0 Å². The van der Waals surface area contributed by atoms with E-state index in [2.05, 4.69) is 32.0 Å². The van der Waals surface area contributed by atoms with Crippen molar-refractivity contribution in [2.24, 2.45) is 0 Å². The Kier molecular flexibility index (Phi) is 3.40. The zero-order chi connectivity index (χ0) is 14.3. The molecule has 1 unspecified atom stereocenters. The molecular weight excluding hydrogens is 344 g/mol. The number of halogens is 2. The molecule has 0 spiro atoms. The zero-order valence-electron chi connectivity index (χ0n) is 10.6. The molecule has 0 aliphatic carbocycles. The van der Waals surface area contributed by atoms with Crippen molar-refractivity contribution < 1.29 is 4.74 Å². The molecule has 2 heterocycles. The molecule has 3 rings (SSSR count). The minimum Gasteiger partial charge on any atom is -0.489 e. The van der Waals surface area contributed by atoms with Crippen LogP contribution in [0.15, 0.2) is 16.9 Å². The minimum atomic E-state index is -0.0691. The predicted octanol–water partition coefficient (Wildman–Crippen LogP) is 3.16. The van der Waals surface area contributed by atoms with Crippen molar-refractivity contribution in [3.8, 4) is 11.8 Å². The van der Waals surface area contributed by atoms with E-state index in [-0.39, 0.29) is 6.04 Å². The Morgan fingerprint density at radius 1 is 1.60 bits per heavy atom. The molecule has 20 heavy (non-hydrogen) atoms. The molecule has 1 atom stereocenters. The smallest absolute Gasteiger partial charge is 0.152 e. The van der Waals surface area contributed by atoms with E-state index in [0.29, 0.717) is 23.8 Å². The summed E-state index contributed by atoms with van der Waals surface area (Å²) in [6.07, 6.45) is 1.86. The highest BCUT2D eigenvalue weighted by Gasteiger charge is 2.27. The molecule has 0 amide bonds. The summed E-state index contributed by atoms with van der Waals surface area (Å²) >= 11 is 9.72. The SMILES string of the molecule is CN1c2ncnc3cc(Br)c(Cl)c(c23)OCC1CC#N. The van der Waals surface area contributed by atoms with Crippen molar-refractivity contribution in [1.29, 1.82) is 5.26 Å². The number of rotatable bonds is 1. The van der Waals surface area contributed by atoms with Gasteiger partial charge in [-0.25, -0.2) is 9.97 Å². The van der Waals surface area contributed by atoms with Crippen LogP contribution in [0.1, 0.15) is 6.42 Å². The van der Waals surface area contributed by atoms with Crippen LogP contribution < -0.4 is 9.64 Å². The molecule has 5 nitrogen and oxygen atoms in total. The largest absolute Gasteiger partial charge is 0.489 e. The van der Waals surface area contributed by atoms with Crippen molar-refractivity contribution in [3.63, 3.8) is 0 Å². The lowest BCUT2D eigenvalue weighted by atomic mass is 10.2. The predicted molar refractivity (Wildman–Crippen MR) is 80.2 cm³/mol. The van der Waals surface area contributed by atoms with Gasteiger partial charge in [0.05, 0.1) is 34.5 Å². The van der Waals surface area contributed by atoms with E-state index in [0.717, 1.165) is 21.2 Å². The lowest BCUT2D eigenvalue weighted by molar-refractivity contribution is 0.293. The van der Waals surface area contributed by atoms with Crippen LogP contribution in [0.3, 0.4) is 0 Å². The summed E-state index contributed by atoms with van der Waals surface area (Å²) in [7, 11) is 1.90. The molecule has 0 fully saturated rings. The fraction of sp³-hybridized carbons (Fsp3) is 0.308. The summed E-state index contributed by atoms with van der Waals surface area (Å²) in [5.41, 5.74) is 0.755. The first-order valence-electron chi connectivity index (χ1n) is 5.98. The van der Waals surface area contributed by atoms with Gasteiger partial charge in [-0.05, 0) is 22.0 Å². The van der Waals surface area contributed by atoms with Crippen LogP contribution in [-0.4, -0.2) is 29.7 Å². The van der Waals surface area contributed by atoms with Gasteiger partial charge in [-0.1, -0.05) is 11.6 Å². The number of ether oxygens (including phenoxy) is 1. The van der Waals surface area contributed by atoms with Crippen LogP contribution in [0.5, 0.6) is 5.75 Å². The van der Waals surface area contributed by atoms with Gasteiger partial charge < -0.3 is 9.64 Å². The summed E-state index contributed by atoms with van der Waals surface area (Å²) in [6.45, 7) is 0.381. The first-order chi connectivity index (χ1) is 9.63. The summed E-state index contributed by atoms with van der Waals surface area (Å²) in [6, 6.07) is 3.95. The van der Waals surface area contributed by atoms with Gasteiger partial charge in [0.1, 0.15) is 18.8 Å². The van der Waals surface area contributed by atoms with Crippen LogP contribution in [0.4, 0.5) is 5.82 Å². The molecule has 1 aliphatic heterocycles. The second-order valence-electron chi connectivity index (χ2n) is 4.53. The second kappa shape index (κ2) is 5.08. The van der Waals surface area contributed by atoms with E-state index in [9.17, 15) is 0 Å². The van der Waals surface area contributed by atoms with Gasteiger partial charge in [0.25, 0.3) is 0 Å². The van der Waals surface area contributed by atoms with Crippen molar-refractivity contribution in [1.82, 2.24) is 9.97 Å². The van der Waals surface area contributed by atoms with Crippen LogP contribution in [-0.2, 0) is 0 Å². The molecule has 1 aromatic heterocycles. The standard InChI is InChI=1S/C13H10BrClN4O/c1-19-7(2-3-16)5-20-12-10-9(4-8(14)11(12)15)17-6-18-13(10)19/h4,6-7H,2,5H2,1H3. The fourth-order valence-corrected chi connectivity index (χ4v) is 2.89. The third kappa shape index (κ3) is 1.98. The Morgan fingerprint density at radius 3 is 3.15 bits per heavy atom. The highest BCUT2D eigenvalue weighted by Crippen LogP contribution is 2.43. The van der Waals surface area contributed by atoms with Crippen LogP contribution >= 0.6 is 27.5 Å². The second-order valence-corrected chi connectivity index (χ2v) is 5.76. The van der Waals surface area contributed by atoms with Crippen LogP contribution in [0.25, 0.3) is 10.9 Å². The Morgan fingerprint density at radius 2 is 2.40 bits per heavy atom. The molecule has 1 aliphatic rings. The first kappa shape index (κ1) is 13.4. The number of benzene rings is 1. The number of hydrogen-bond acceptors (Lipinski definition) is 5. The maximum absolute atomic E-state index is 8.94. The Hall–Kier alpha value is -1.58. The maximum atomic E-state index is 8.94. The molecule has 0 saturated carbocycles. The van der Waals surface area contributed by atoms with E-state index < -0.39 is 0 Å². The van der Waals surface area contributed by atoms with Gasteiger partial charge in [0.2, 0.25) is 0 Å². The first-order valence-corrected chi connectivity index (χ1v) is 7.16. The Bertz CT molecular complexity index is 730. The van der Waals surface area contributed by atoms with Gasteiger partial charge in [-0.3, -0.25) is 0 Å². The quantitative estimate of drug-likeness (QED) is 0.788. The minimum absolute atomic E-state index is 0.0691. The van der Waals surface area contributed by atoms with Gasteiger partial charge >= 0.3 is 0 Å².